The van der Waals surface area contributed by atoms with Gasteiger partial charge in [0.25, 0.3) is 0 Å². The Bertz CT molecular complexity index is 1390. The first kappa shape index (κ1) is 71.8. The molecule has 0 rings (SSSR count). The second-order valence-corrected chi connectivity index (χ2v) is 21.7. The fraction of sp³-hybridized carbons (Fsp3) is 0.783. The van der Waals surface area contributed by atoms with Gasteiger partial charge in [-0.05, 0) is 96.3 Å². The predicted octanol–water partition coefficient (Wildman–Crippen LogP) is 22.1. The predicted molar refractivity (Wildman–Crippen MR) is 325 cm³/mol. The Morgan fingerprint density at radius 3 is 0.787 bits per heavy atom. The van der Waals surface area contributed by atoms with Crippen LogP contribution < -0.4 is 0 Å². The summed E-state index contributed by atoms with van der Waals surface area (Å²) in [5.41, 5.74) is 0. The largest absolute Gasteiger partial charge is 0.462 e. The van der Waals surface area contributed by atoms with Crippen molar-refractivity contribution in [2.24, 2.45) is 0 Å². The molecular formula is C69H122O6. The smallest absolute Gasteiger partial charge is 0.306 e. The van der Waals surface area contributed by atoms with Gasteiger partial charge in [-0.2, -0.15) is 0 Å². The SMILES string of the molecule is CCCCC/C=C\C/C=C\C/C=C\C/C=C\CCCCCC(=O)O[C@H](COC(=O)CCCCCCCCCCC/C=C\C/C=C\CCCCC)COC(=O)CCCCCCCCCCCCCCCCCCCCC. The van der Waals surface area contributed by atoms with Crippen LogP contribution in [0.5, 0.6) is 0 Å². The molecule has 0 radical (unpaired) electrons. The van der Waals surface area contributed by atoms with Crippen LogP contribution in [-0.4, -0.2) is 37.2 Å². The minimum atomic E-state index is -0.794. The molecular weight excluding hydrogens is 925 g/mol. The third-order valence-electron chi connectivity index (χ3n) is 14.2. The van der Waals surface area contributed by atoms with Gasteiger partial charge in [0, 0.05) is 19.3 Å². The van der Waals surface area contributed by atoms with E-state index in [0.29, 0.717) is 19.3 Å². The minimum absolute atomic E-state index is 0.0867. The summed E-state index contributed by atoms with van der Waals surface area (Å²) in [6, 6.07) is 0. The quantitative estimate of drug-likeness (QED) is 0.0261. The molecule has 0 aromatic rings. The average molecular weight is 1050 g/mol. The van der Waals surface area contributed by atoms with Gasteiger partial charge >= 0.3 is 17.9 Å². The van der Waals surface area contributed by atoms with E-state index < -0.39 is 6.10 Å². The van der Waals surface area contributed by atoms with Crippen molar-refractivity contribution in [3.05, 3.63) is 72.9 Å². The van der Waals surface area contributed by atoms with E-state index in [0.717, 1.165) is 89.9 Å². The summed E-state index contributed by atoms with van der Waals surface area (Å²) >= 11 is 0. The molecule has 0 fully saturated rings. The monoisotopic (exact) mass is 1050 g/mol. The van der Waals surface area contributed by atoms with Gasteiger partial charge in [-0.15, -0.1) is 0 Å². The van der Waals surface area contributed by atoms with Gasteiger partial charge in [-0.1, -0.05) is 286 Å². The number of carbonyl (C=O) groups excluding carboxylic acids is 3. The molecule has 6 nitrogen and oxygen atoms in total. The maximum Gasteiger partial charge on any atom is 0.306 e. The van der Waals surface area contributed by atoms with Crippen LogP contribution in [0.25, 0.3) is 0 Å². The fourth-order valence-electron chi connectivity index (χ4n) is 9.28. The summed E-state index contributed by atoms with van der Waals surface area (Å²) in [6.45, 7) is 6.60. The lowest BCUT2D eigenvalue weighted by Crippen LogP contribution is -2.30. The summed E-state index contributed by atoms with van der Waals surface area (Å²) in [5.74, 6) is -0.905. The van der Waals surface area contributed by atoms with E-state index in [2.05, 4.69) is 93.7 Å². The summed E-state index contributed by atoms with van der Waals surface area (Å²) in [4.78, 5) is 38.4. The highest BCUT2D eigenvalue weighted by molar-refractivity contribution is 5.71. The Morgan fingerprint density at radius 1 is 0.267 bits per heavy atom. The molecule has 0 heterocycles. The van der Waals surface area contributed by atoms with Gasteiger partial charge in [0.15, 0.2) is 6.10 Å². The molecule has 0 N–H and O–H groups in total. The molecule has 75 heavy (non-hydrogen) atoms. The van der Waals surface area contributed by atoms with E-state index in [1.807, 2.05) is 0 Å². The number of hydrogen-bond donors (Lipinski definition) is 0. The maximum atomic E-state index is 12.9. The molecule has 434 valence electrons. The first-order chi connectivity index (χ1) is 37.0. The fourth-order valence-corrected chi connectivity index (χ4v) is 9.28. The molecule has 0 amide bonds. The molecule has 0 bridgehead atoms. The highest BCUT2D eigenvalue weighted by atomic mass is 16.6. The third kappa shape index (κ3) is 61.6. The summed E-state index contributed by atoms with van der Waals surface area (Å²) in [5, 5.41) is 0. The van der Waals surface area contributed by atoms with E-state index in [4.69, 9.17) is 14.2 Å². The molecule has 0 aromatic heterocycles. The zero-order valence-corrected chi connectivity index (χ0v) is 49.8. The first-order valence-electron chi connectivity index (χ1n) is 32.4. The summed E-state index contributed by atoms with van der Waals surface area (Å²) in [7, 11) is 0. The van der Waals surface area contributed by atoms with E-state index in [9.17, 15) is 14.4 Å². The maximum absolute atomic E-state index is 12.9. The topological polar surface area (TPSA) is 78.9 Å². The van der Waals surface area contributed by atoms with E-state index >= 15 is 0 Å². The molecule has 0 saturated carbocycles. The molecule has 0 saturated heterocycles. The van der Waals surface area contributed by atoms with Crippen molar-refractivity contribution in [3.8, 4) is 0 Å². The Morgan fingerprint density at radius 2 is 0.480 bits per heavy atom. The molecule has 0 unspecified atom stereocenters. The van der Waals surface area contributed by atoms with E-state index in [-0.39, 0.29) is 31.1 Å². The molecule has 6 heteroatoms. The highest BCUT2D eigenvalue weighted by Gasteiger charge is 2.19. The molecule has 0 aliphatic carbocycles. The minimum Gasteiger partial charge on any atom is -0.462 e. The van der Waals surface area contributed by atoms with Crippen LogP contribution >= 0.6 is 0 Å². The summed E-state index contributed by atoms with van der Waals surface area (Å²) < 4.78 is 16.9. The Balaban J connectivity index is 4.42. The van der Waals surface area contributed by atoms with Crippen LogP contribution in [0.3, 0.4) is 0 Å². The normalized spacial score (nSPS) is 12.5. The molecule has 0 aromatic carbocycles. The number of unbranched alkanes of at least 4 members (excludes halogenated alkanes) is 36. The van der Waals surface area contributed by atoms with Crippen LogP contribution in [-0.2, 0) is 28.6 Å². The van der Waals surface area contributed by atoms with Crippen molar-refractivity contribution < 1.29 is 28.6 Å². The van der Waals surface area contributed by atoms with Crippen LogP contribution in [0.4, 0.5) is 0 Å². The van der Waals surface area contributed by atoms with Crippen LogP contribution in [0.2, 0.25) is 0 Å². The van der Waals surface area contributed by atoms with Crippen molar-refractivity contribution in [2.45, 2.75) is 335 Å². The van der Waals surface area contributed by atoms with Crippen molar-refractivity contribution in [3.63, 3.8) is 0 Å². The van der Waals surface area contributed by atoms with Gasteiger partial charge in [0.1, 0.15) is 13.2 Å². The lowest BCUT2D eigenvalue weighted by molar-refractivity contribution is -0.167. The van der Waals surface area contributed by atoms with Crippen molar-refractivity contribution >= 4 is 17.9 Å². The van der Waals surface area contributed by atoms with Crippen molar-refractivity contribution in [2.75, 3.05) is 13.2 Å². The number of rotatable bonds is 59. The lowest BCUT2D eigenvalue weighted by atomic mass is 10.0. The second-order valence-electron chi connectivity index (χ2n) is 21.7. The standard InChI is InChI=1S/C69H122O6/c1-4-7-10-13-16-19-22-25-28-31-34-37-40-43-46-49-52-55-58-61-67(70)73-64-66(75-69(72)63-60-57-54-51-48-45-42-39-36-33-30-27-24-21-18-15-12-9-6-3)65-74-68(71)62-59-56-53-50-47-44-41-38-35-32-29-26-23-20-17-14-11-8-5-2/h16,18-19,21,25,27-28,30,36,39,45,48,66H,4-15,17,20,22-24,26,29,31-35,37-38,40-44,46-47,49-65H2,1-3H3/b19-16-,21-18-,28-25-,30-27-,39-36-,48-45-/t66-/m1/s1. The number of esters is 3. The highest BCUT2D eigenvalue weighted by Crippen LogP contribution is 2.17. The third-order valence-corrected chi connectivity index (χ3v) is 14.2. The number of allylic oxidation sites excluding steroid dienone is 12. The number of hydrogen-bond acceptors (Lipinski definition) is 6. The summed E-state index contributed by atoms with van der Waals surface area (Å²) in [6.07, 6.45) is 81.9. The van der Waals surface area contributed by atoms with Gasteiger partial charge < -0.3 is 14.2 Å². The zero-order valence-electron chi connectivity index (χ0n) is 49.8. The first-order valence-corrected chi connectivity index (χ1v) is 32.4. The Kier molecular flexibility index (Phi) is 60.7. The van der Waals surface area contributed by atoms with E-state index in [1.165, 1.54) is 199 Å². The van der Waals surface area contributed by atoms with Crippen molar-refractivity contribution in [1.29, 1.82) is 0 Å². The molecule has 0 aliphatic heterocycles. The van der Waals surface area contributed by atoms with Crippen LogP contribution in [0.1, 0.15) is 329 Å². The average Bonchev–Trinajstić information content (AvgIpc) is 3.41. The van der Waals surface area contributed by atoms with Gasteiger partial charge in [-0.25, -0.2) is 0 Å². The second kappa shape index (κ2) is 63.4. The Labute approximate surface area is 465 Å². The van der Waals surface area contributed by atoms with Crippen LogP contribution in [0.15, 0.2) is 72.9 Å². The lowest BCUT2D eigenvalue weighted by Gasteiger charge is -2.18. The van der Waals surface area contributed by atoms with Gasteiger partial charge in [0.2, 0.25) is 0 Å². The molecule has 0 spiro atoms. The van der Waals surface area contributed by atoms with Gasteiger partial charge in [0.05, 0.1) is 0 Å². The number of carbonyl (C=O) groups is 3. The van der Waals surface area contributed by atoms with Gasteiger partial charge in [-0.3, -0.25) is 14.4 Å². The zero-order chi connectivity index (χ0) is 54.3. The molecule has 0 aliphatic rings. The number of ether oxygens (including phenoxy) is 3. The molecule has 1 atom stereocenters. The van der Waals surface area contributed by atoms with E-state index in [1.54, 1.807) is 0 Å². The van der Waals surface area contributed by atoms with Crippen LogP contribution in [0, 0.1) is 0 Å². The van der Waals surface area contributed by atoms with Crippen molar-refractivity contribution in [1.82, 2.24) is 0 Å². The Hall–Kier alpha value is -3.15.